The van der Waals surface area contributed by atoms with Crippen molar-refractivity contribution in [2.24, 2.45) is 10.9 Å². The van der Waals surface area contributed by atoms with E-state index in [9.17, 15) is 13.2 Å². The molecule has 1 unspecified atom stereocenters. The SMILES string of the molecule is CCC1CCCCN1CCNC(=NC)NCCC1CCN(CC(F)(F)F)CC1. The van der Waals surface area contributed by atoms with E-state index in [2.05, 4.69) is 27.4 Å². The van der Waals surface area contributed by atoms with Crippen molar-refractivity contribution in [2.45, 2.75) is 64.1 Å². The third-order valence-electron chi connectivity index (χ3n) is 6.09. The van der Waals surface area contributed by atoms with E-state index in [1.54, 1.807) is 7.05 Å². The zero-order valence-electron chi connectivity index (χ0n) is 17.5. The summed E-state index contributed by atoms with van der Waals surface area (Å²) in [6.45, 7) is 6.51. The lowest BCUT2D eigenvalue weighted by Crippen LogP contribution is -2.46. The van der Waals surface area contributed by atoms with Crippen LogP contribution in [-0.2, 0) is 0 Å². The Labute approximate surface area is 168 Å². The lowest BCUT2D eigenvalue weighted by Gasteiger charge is -2.35. The summed E-state index contributed by atoms with van der Waals surface area (Å²) < 4.78 is 37.4. The number of halogens is 3. The summed E-state index contributed by atoms with van der Waals surface area (Å²) in [7, 11) is 1.78. The van der Waals surface area contributed by atoms with Crippen LogP contribution < -0.4 is 10.6 Å². The molecule has 2 N–H and O–H groups in total. The van der Waals surface area contributed by atoms with Gasteiger partial charge in [0, 0.05) is 32.7 Å². The van der Waals surface area contributed by atoms with Gasteiger partial charge in [0.1, 0.15) is 0 Å². The molecule has 0 spiro atoms. The van der Waals surface area contributed by atoms with Crippen LogP contribution in [-0.4, -0.2) is 80.8 Å². The van der Waals surface area contributed by atoms with Gasteiger partial charge in [-0.05, 0) is 64.1 Å². The highest BCUT2D eigenvalue weighted by Gasteiger charge is 2.32. The van der Waals surface area contributed by atoms with Crippen molar-refractivity contribution in [3.8, 4) is 0 Å². The second kappa shape index (κ2) is 11.9. The molecule has 2 rings (SSSR count). The minimum Gasteiger partial charge on any atom is -0.356 e. The molecule has 0 aromatic rings. The second-order valence-electron chi connectivity index (χ2n) is 8.14. The Morgan fingerprint density at radius 1 is 1.04 bits per heavy atom. The minimum atomic E-state index is -4.09. The van der Waals surface area contributed by atoms with Crippen LogP contribution in [0.4, 0.5) is 13.2 Å². The monoisotopic (exact) mass is 405 g/mol. The minimum absolute atomic E-state index is 0.494. The summed E-state index contributed by atoms with van der Waals surface area (Å²) in [6, 6.07) is 0.716. The molecule has 0 amide bonds. The van der Waals surface area contributed by atoms with E-state index in [1.807, 2.05) is 0 Å². The highest BCUT2D eigenvalue weighted by molar-refractivity contribution is 5.79. The highest BCUT2D eigenvalue weighted by atomic mass is 19.4. The van der Waals surface area contributed by atoms with Gasteiger partial charge in [-0.25, -0.2) is 0 Å². The van der Waals surface area contributed by atoms with E-state index in [-0.39, 0.29) is 0 Å². The van der Waals surface area contributed by atoms with E-state index >= 15 is 0 Å². The molecule has 2 aliphatic heterocycles. The predicted molar refractivity (Wildman–Crippen MR) is 109 cm³/mol. The van der Waals surface area contributed by atoms with Gasteiger partial charge < -0.3 is 10.6 Å². The molecule has 0 aromatic carbocycles. The smallest absolute Gasteiger partial charge is 0.356 e. The largest absolute Gasteiger partial charge is 0.401 e. The quantitative estimate of drug-likeness (QED) is 0.481. The lowest BCUT2D eigenvalue weighted by molar-refractivity contribution is -0.148. The molecule has 28 heavy (non-hydrogen) atoms. The number of aliphatic imine (C=N–C) groups is 1. The number of guanidine groups is 1. The van der Waals surface area contributed by atoms with Crippen LogP contribution in [0.15, 0.2) is 4.99 Å². The number of hydrogen-bond donors (Lipinski definition) is 2. The first-order valence-electron chi connectivity index (χ1n) is 10.9. The molecule has 0 bridgehead atoms. The van der Waals surface area contributed by atoms with E-state index in [0.29, 0.717) is 25.0 Å². The lowest BCUT2D eigenvalue weighted by atomic mass is 9.93. The fourth-order valence-electron chi connectivity index (χ4n) is 4.44. The van der Waals surface area contributed by atoms with Gasteiger partial charge in [0.25, 0.3) is 0 Å². The molecule has 2 saturated heterocycles. The molecule has 2 aliphatic rings. The topological polar surface area (TPSA) is 42.9 Å². The van der Waals surface area contributed by atoms with Gasteiger partial charge in [0.05, 0.1) is 6.54 Å². The van der Waals surface area contributed by atoms with Gasteiger partial charge in [-0.1, -0.05) is 13.3 Å². The Balaban J connectivity index is 1.57. The maximum absolute atomic E-state index is 12.5. The average Bonchev–Trinajstić information content (AvgIpc) is 2.67. The highest BCUT2D eigenvalue weighted by Crippen LogP contribution is 2.24. The van der Waals surface area contributed by atoms with Crippen LogP contribution in [0, 0.1) is 5.92 Å². The molecule has 0 aliphatic carbocycles. The van der Waals surface area contributed by atoms with Crippen molar-refractivity contribution in [3.05, 3.63) is 0 Å². The summed E-state index contributed by atoms with van der Waals surface area (Å²) in [5, 5.41) is 6.75. The van der Waals surface area contributed by atoms with Crippen LogP contribution in [0.5, 0.6) is 0 Å². The zero-order valence-corrected chi connectivity index (χ0v) is 17.5. The number of nitrogens with one attached hydrogen (secondary N) is 2. The molecule has 5 nitrogen and oxygen atoms in total. The van der Waals surface area contributed by atoms with E-state index in [4.69, 9.17) is 0 Å². The number of rotatable bonds is 8. The molecule has 2 heterocycles. The number of piperidine rings is 2. The Morgan fingerprint density at radius 3 is 2.39 bits per heavy atom. The molecule has 0 radical (unpaired) electrons. The molecule has 1 atom stereocenters. The maximum atomic E-state index is 12.5. The normalized spacial score (nSPS) is 23.8. The summed E-state index contributed by atoms with van der Waals surface area (Å²) >= 11 is 0. The first-order valence-corrected chi connectivity index (χ1v) is 10.9. The van der Waals surface area contributed by atoms with E-state index in [0.717, 1.165) is 44.9 Å². The summed E-state index contributed by atoms with van der Waals surface area (Å²) in [5.74, 6) is 1.31. The molecule has 164 valence electrons. The third kappa shape index (κ3) is 8.55. The number of alkyl halides is 3. The molecular formula is C20H38F3N5. The number of hydrogen-bond acceptors (Lipinski definition) is 3. The summed E-state index contributed by atoms with van der Waals surface area (Å²) in [6.07, 6.45) is 3.75. The fraction of sp³-hybridized carbons (Fsp3) is 0.950. The van der Waals surface area contributed by atoms with Crippen molar-refractivity contribution >= 4 is 5.96 Å². The Kier molecular flexibility index (Phi) is 9.85. The van der Waals surface area contributed by atoms with Crippen molar-refractivity contribution < 1.29 is 13.2 Å². The molecule has 0 saturated carbocycles. The van der Waals surface area contributed by atoms with Gasteiger partial charge >= 0.3 is 6.18 Å². The Bertz CT molecular complexity index is 461. The Morgan fingerprint density at radius 2 is 1.75 bits per heavy atom. The van der Waals surface area contributed by atoms with Crippen molar-refractivity contribution in [2.75, 3.05) is 52.9 Å². The standard InChI is InChI=1S/C20H38F3N5/c1-3-18-6-4-5-12-28(18)15-11-26-19(24-2)25-10-7-17-8-13-27(14-9-17)16-20(21,22)23/h17-18H,3-16H2,1-2H3,(H2,24,25,26). The molecule has 2 fully saturated rings. The van der Waals surface area contributed by atoms with Gasteiger partial charge in [-0.15, -0.1) is 0 Å². The Hall–Kier alpha value is -1.02. The third-order valence-corrected chi connectivity index (χ3v) is 6.09. The van der Waals surface area contributed by atoms with Crippen LogP contribution in [0.25, 0.3) is 0 Å². The zero-order chi connectivity index (χ0) is 20.4. The van der Waals surface area contributed by atoms with Gasteiger partial charge in [0.15, 0.2) is 5.96 Å². The summed E-state index contributed by atoms with van der Waals surface area (Å²) in [5.41, 5.74) is 0. The number of nitrogens with zero attached hydrogens (tertiary/aromatic N) is 3. The maximum Gasteiger partial charge on any atom is 0.401 e. The van der Waals surface area contributed by atoms with Crippen LogP contribution in [0.1, 0.15) is 51.9 Å². The predicted octanol–water partition coefficient (Wildman–Crippen LogP) is 3.08. The second-order valence-corrected chi connectivity index (χ2v) is 8.14. The van der Waals surface area contributed by atoms with Gasteiger partial charge in [-0.3, -0.25) is 14.8 Å². The van der Waals surface area contributed by atoms with Crippen molar-refractivity contribution in [1.82, 2.24) is 20.4 Å². The van der Waals surface area contributed by atoms with E-state index in [1.165, 1.54) is 37.1 Å². The average molecular weight is 406 g/mol. The van der Waals surface area contributed by atoms with Gasteiger partial charge in [-0.2, -0.15) is 13.2 Å². The molecular weight excluding hydrogens is 367 g/mol. The van der Waals surface area contributed by atoms with Crippen LogP contribution >= 0.6 is 0 Å². The summed E-state index contributed by atoms with van der Waals surface area (Å²) in [4.78, 5) is 8.39. The molecule has 0 aromatic heterocycles. The van der Waals surface area contributed by atoms with Gasteiger partial charge in [0.2, 0.25) is 0 Å². The molecule has 8 heteroatoms. The fourth-order valence-corrected chi connectivity index (χ4v) is 4.44. The number of likely N-dealkylation sites (tertiary alicyclic amines) is 2. The first kappa shape index (κ1) is 23.3. The first-order chi connectivity index (χ1) is 13.4. The van der Waals surface area contributed by atoms with Crippen molar-refractivity contribution in [3.63, 3.8) is 0 Å². The van der Waals surface area contributed by atoms with Crippen LogP contribution in [0.2, 0.25) is 0 Å². The van der Waals surface area contributed by atoms with Crippen LogP contribution in [0.3, 0.4) is 0 Å². The van der Waals surface area contributed by atoms with E-state index < -0.39 is 12.7 Å². The van der Waals surface area contributed by atoms with Crippen molar-refractivity contribution in [1.29, 1.82) is 0 Å².